The highest BCUT2D eigenvalue weighted by molar-refractivity contribution is 5.76. The van der Waals surface area contributed by atoms with E-state index in [1.54, 1.807) is 0 Å². The first-order chi connectivity index (χ1) is 14.8. The minimum atomic E-state index is 0.573. The quantitative estimate of drug-likeness (QED) is 0.725. The Morgan fingerprint density at radius 2 is 1.67 bits per heavy atom. The van der Waals surface area contributed by atoms with Crippen LogP contribution in [-0.2, 0) is 0 Å². The van der Waals surface area contributed by atoms with Gasteiger partial charge in [0.25, 0.3) is 0 Å². The zero-order valence-electron chi connectivity index (χ0n) is 18.9. The van der Waals surface area contributed by atoms with E-state index in [0.717, 1.165) is 25.0 Å². The van der Waals surface area contributed by atoms with E-state index in [9.17, 15) is 0 Å². The summed E-state index contributed by atoms with van der Waals surface area (Å²) >= 11 is 0. The summed E-state index contributed by atoms with van der Waals surface area (Å²) in [7, 11) is 0. The molecule has 1 saturated carbocycles. The second-order valence-electron chi connectivity index (χ2n) is 10.1. The predicted octanol–water partition coefficient (Wildman–Crippen LogP) is 5.50. The lowest BCUT2D eigenvalue weighted by molar-refractivity contribution is 0.0956. The fraction of sp³-hybridized carbons (Fsp3) is 0.731. The number of para-hydroxylation sites is 2. The van der Waals surface area contributed by atoms with Gasteiger partial charge in [0.05, 0.1) is 11.0 Å². The van der Waals surface area contributed by atoms with Gasteiger partial charge < -0.3 is 14.8 Å². The fourth-order valence-corrected chi connectivity index (χ4v) is 6.43. The molecular weight excluding hydrogens is 368 g/mol. The Hall–Kier alpha value is -1.39. The Labute approximate surface area is 182 Å². The third-order valence-electron chi connectivity index (χ3n) is 8.32. The molecule has 2 aromatic rings. The molecule has 1 aromatic heterocycles. The largest absolute Gasteiger partial charge is 0.324 e. The van der Waals surface area contributed by atoms with Gasteiger partial charge in [-0.3, -0.25) is 0 Å². The zero-order valence-corrected chi connectivity index (χ0v) is 18.9. The van der Waals surface area contributed by atoms with Crippen molar-refractivity contribution in [1.82, 2.24) is 19.8 Å². The van der Waals surface area contributed by atoms with Crippen molar-refractivity contribution in [2.75, 3.05) is 26.2 Å². The summed E-state index contributed by atoms with van der Waals surface area (Å²) in [6.45, 7) is 7.23. The smallest absolute Gasteiger partial charge is 0.114 e. The minimum absolute atomic E-state index is 0.573. The molecule has 2 atom stereocenters. The van der Waals surface area contributed by atoms with E-state index in [-0.39, 0.29) is 0 Å². The van der Waals surface area contributed by atoms with Crippen molar-refractivity contribution >= 4 is 11.0 Å². The molecule has 3 fully saturated rings. The van der Waals surface area contributed by atoms with Crippen LogP contribution in [0.4, 0.5) is 0 Å². The molecule has 1 N–H and O–H groups in total. The lowest BCUT2D eigenvalue weighted by Gasteiger charge is -2.41. The number of imidazole rings is 1. The summed E-state index contributed by atoms with van der Waals surface area (Å²) in [5.41, 5.74) is 2.54. The molecule has 3 aliphatic rings. The normalized spacial score (nSPS) is 26.6. The summed E-state index contributed by atoms with van der Waals surface area (Å²) in [5, 5.41) is 3.55. The van der Waals surface area contributed by atoms with Gasteiger partial charge in [-0.1, -0.05) is 44.2 Å². The average Bonchev–Trinajstić information content (AvgIpc) is 3.41. The van der Waals surface area contributed by atoms with Gasteiger partial charge in [0.1, 0.15) is 5.82 Å². The number of aromatic nitrogens is 2. The van der Waals surface area contributed by atoms with Gasteiger partial charge in [-0.15, -0.1) is 0 Å². The van der Waals surface area contributed by atoms with Crippen LogP contribution >= 0.6 is 0 Å². The Balaban J connectivity index is 1.30. The summed E-state index contributed by atoms with van der Waals surface area (Å²) in [4.78, 5) is 7.94. The van der Waals surface area contributed by atoms with Crippen LogP contribution in [0.15, 0.2) is 24.3 Å². The van der Waals surface area contributed by atoms with Crippen LogP contribution in [0.5, 0.6) is 0 Å². The van der Waals surface area contributed by atoms with Gasteiger partial charge >= 0.3 is 0 Å². The first-order valence-corrected chi connectivity index (χ1v) is 12.7. The number of benzene rings is 1. The van der Waals surface area contributed by atoms with E-state index >= 15 is 0 Å². The first kappa shape index (κ1) is 20.5. The predicted molar refractivity (Wildman–Crippen MR) is 125 cm³/mol. The van der Waals surface area contributed by atoms with Gasteiger partial charge in [0.15, 0.2) is 0 Å². The zero-order chi connectivity index (χ0) is 20.3. The molecule has 0 bridgehead atoms. The SMILES string of the molecule is CC(C1CCCCCCC1)N1CCC(n2c([C@@H]3CCNC3)nc3ccccc32)CC1. The molecule has 0 spiro atoms. The van der Waals surface area contributed by atoms with E-state index in [1.807, 2.05) is 0 Å². The summed E-state index contributed by atoms with van der Waals surface area (Å²) in [6.07, 6.45) is 13.9. The van der Waals surface area contributed by atoms with Crippen LogP contribution in [0.3, 0.4) is 0 Å². The second-order valence-corrected chi connectivity index (χ2v) is 10.1. The molecule has 1 unspecified atom stereocenters. The minimum Gasteiger partial charge on any atom is -0.324 e. The number of likely N-dealkylation sites (tertiary alicyclic amines) is 1. The number of rotatable bonds is 4. The molecule has 4 nitrogen and oxygen atoms in total. The fourth-order valence-electron chi connectivity index (χ4n) is 6.43. The molecule has 4 heteroatoms. The van der Waals surface area contributed by atoms with Crippen molar-refractivity contribution in [1.29, 1.82) is 0 Å². The van der Waals surface area contributed by atoms with E-state index < -0.39 is 0 Å². The molecule has 0 amide bonds. The van der Waals surface area contributed by atoms with Crippen LogP contribution in [-0.4, -0.2) is 46.7 Å². The van der Waals surface area contributed by atoms with E-state index in [0.29, 0.717) is 12.0 Å². The highest BCUT2D eigenvalue weighted by atomic mass is 15.2. The van der Waals surface area contributed by atoms with Crippen molar-refractivity contribution in [2.24, 2.45) is 5.92 Å². The van der Waals surface area contributed by atoms with Crippen LogP contribution < -0.4 is 5.32 Å². The topological polar surface area (TPSA) is 33.1 Å². The highest BCUT2D eigenvalue weighted by Gasteiger charge is 2.32. The number of piperidine rings is 1. The molecule has 3 heterocycles. The van der Waals surface area contributed by atoms with Gasteiger partial charge in [0.2, 0.25) is 0 Å². The molecule has 1 aromatic carbocycles. The third-order valence-corrected chi connectivity index (χ3v) is 8.32. The maximum absolute atomic E-state index is 5.13. The molecule has 2 saturated heterocycles. The molecule has 164 valence electrons. The Kier molecular flexibility index (Phi) is 6.42. The average molecular weight is 409 g/mol. The molecular formula is C26H40N4. The molecule has 2 aliphatic heterocycles. The van der Waals surface area contributed by atoms with Crippen molar-refractivity contribution < 1.29 is 0 Å². The highest BCUT2D eigenvalue weighted by Crippen LogP contribution is 2.35. The van der Waals surface area contributed by atoms with Crippen LogP contribution in [0.2, 0.25) is 0 Å². The van der Waals surface area contributed by atoms with Crippen molar-refractivity contribution in [3.8, 4) is 0 Å². The van der Waals surface area contributed by atoms with Crippen molar-refractivity contribution in [2.45, 2.75) is 89.1 Å². The second kappa shape index (κ2) is 9.40. The number of hydrogen-bond acceptors (Lipinski definition) is 3. The Morgan fingerprint density at radius 1 is 0.933 bits per heavy atom. The third kappa shape index (κ3) is 4.18. The van der Waals surface area contributed by atoms with Crippen molar-refractivity contribution in [3.63, 3.8) is 0 Å². The van der Waals surface area contributed by atoms with E-state index in [1.165, 1.54) is 94.2 Å². The molecule has 5 rings (SSSR count). The van der Waals surface area contributed by atoms with E-state index in [2.05, 4.69) is 46.0 Å². The summed E-state index contributed by atoms with van der Waals surface area (Å²) < 4.78 is 2.64. The molecule has 30 heavy (non-hydrogen) atoms. The molecule has 1 aliphatic carbocycles. The summed E-state index contributed by atoms with van der Waals surface area (Å²) in [5.74, 6) is 2.83. The summed E-state index contributed by atoms with van der Waals surface area (Å²) in [6, 6.07) is 10.2. The first-order valence-electron chi connectivity index (χ1n) is 12.7. The Morgan fingerprint density at radius 3 is 2.40 bits per heavy atom. The number of nitrogens with zero attached hydrogens (tertiary/aromatic N) is 3. The van der Waals surface area contributed by atoms with Crippen LogP contribution in [0.1, 0.15) is 88.9 Å². The van der Waals surface area contributed by atoms with E-state index in [4.69, 9.17) is 4.98 Å². The van der Waals surface area contributed by atoms with Gasteiger partial charge in [-0.25, -0.2) is 4.98 Å². The lowest BCUT2D eigenvalue weighted by atomic mass is 9.85. The Bertz CT molecular complexity index is 806. The lowest BCUT2D eigenvalue weighted by Crippen LogP contribution is -2.44. The number of hydrogen-bond donors (Lipinski definition) is 1. The van der Waals surface area contributed by atoms with Gasteiger partial charge in [-0.05, 0) is 63.6 Å². The monoisotopic (exact) mass is 408 g/mol. The van der Waals surface area contributed by atoms with Crippen molar-refractivity contribution in [3.05, 3.63) is 30.1 Å². The maximum atomic E-state index is 5.13. The molecule has 0 radical (unpaired) electrons. The standard InChI is InChI=1S/C26H40N4/c1-20(21-9-5-3-2-4-6-10-21)29-17-14-23(15-18-29)30-25-12-8-7-11-24(25)28-26(30)22-13-16-27-19-22/h7-8,11-12,20-23,27H,2-6,9-10,13-19H2,1H3/t20?,22-/m1/s1. The van der Waals surface area contributed by atoms with Crippen LogP contribution in [0, 0.1) is 5.92 Å². The van der Waals surface area contributed by atoms with Gasteiger partial charge in [-0.2, -0.15) is 0 Å². The van der Waals surface area contributed by atoms with Crippen LogP contribution in [0.25, 0.3) is 11.0 Å². The maximum Gasteiger partial charge on any atom is 0.114 e. The number of nitrogens with one attached hydrogen (secondary N) is 1. The van der Waals surface area contributed by atoms with Gasteiger partial charge in [0, 0.05) is 37.6 Å². The number of fused-ring (bicyclic) bond motifs is 1.